The topological polar surface area (TPSA) is 133 Å². The van der Waals surface area contributed by atoms with Crippen LogP contribution in [0.4, 0.5) is 10.5 Å². The number of non-ortho nitro benzene ring substituents is 1. The number of nitrogens with one attached hydrogen (secondary N) is 1. The Bertz CT molecular complexity index is 1090. The standard InChI is InChI=1S/C20H14N4O5S/c21-12-14-1-5-15(6-2-14)18(25)22-9-10-23-19(26)17(30-20(23)27)11-13-3-7-16(8-4-13)24(28)29/h1-8,11H,9-10H2,(H,22,25)/b17-11+. The van der Waals surface area contributed by atoms with Crippen LogP contribution in [-0.2, 0) is 4.79 Å². The van der Waals surface area contributed by atoms with Gasteiger partial charge in [0, 0.05) is 30.8 Å². The summed E-state index contributed by atoms with van der Waals surface area (Å²) in [5.41, 5.74) is 1.28. The Balaban J connectivity index is 1.58. The van der Waals surface area contributed by atoms with Crippen molar-refractivity contribution in [2.75, 3.05) is 13.1 Å². The van der Waals surface area contributed by atoms with Crippen molar-refractivity contribution in [1.29, 1.82) is 5.26 Å². The first-order valence-electron chi connectivity index (χ1n) is 8.67. The Kier molecular flexibility index (Phi) is 6.24. The first kappa shape index (κ1) is 20.8. The zero-order valence-corrected chi connectivity index (χ0v) is 16.2. The molecule has 10 heteroatoms. The molecule has 0 saturated carbocycles. The number of benzene rings is 2. The summed E-state index contributed by atoms with van der Waals surface area (Å²) in [5, 5.41) is 21.6. The number of nitriles is 1. The third-order valence-corrected chi connectivity index (χ3v) is 5.08. The van der Waals surface area contributed by atoms with Crippen molar-refractivity contribution in [3.05, 3.63) is 80.2 Å². The maximum atomic E-state index is 12.5. The quantitative estimate of drug-likeness (QED) is 0.430. The maximum Gasteiger partial charge on any atom is 0.293 e. The minimum atomic E-state index is -0.524. The van der Waals surface area contributed by atoms with Gasteiger partial charge in [0.25, 0.3) is 22.7 Å². The molecular weight excluding hydrogens is 408 g/mol. The number of carbonyl (C=O) groups is 3. The number of amides is 3. The number of hydrogen-bond acceptors (Lipinski definition) is 7. The molecule has 1 heterocycles. The van der Waals surface area contributed by atoms with E-state index in [1.165, 1.54) is 54.6 Å². The third kappa shape index (κ3) is 4.71. The van der Waals surface area contributed by atoms with E-state index >= 15 is 0 Å². The molecule has 0 atom stereocenters. The van der Waals surface area contributed by atoms with Crippen molar-refractivity contribution in [1.82, 2.24) is 10.2 Å². The summed E-state index contributed by atoms with van der Waals surface area (Å²) in [6.45, 7) is 0.0754. The van der Waals surface area contributed by atoms with Gasteiger partial charge in [-0.15, -0.1) is 0 Å². The predicted octanol–water partition coefficient (Wildman–Crippen LogP) is 2.93. The summed E-state index contributed by atoms with van der Waals surface area (Å²) in [6.07, 6.45) is 1.49. The second-order valence-electron chi connectivity index (χ2n) is 6.13. The van der Waals surface area contributed by atoms with E-state index in [1.54, 1.807) is 0 Å². The molecule has 0 aromatic heterocycles. The Labute approximate surface area is 175 Å². The van der Waals surface area contributed by atoms with Crippen LogP contribution in [0.15, 0.2) is 53.4 Å². The van der Waals surface area contributed by atoms with E-state index in [4.69, 9.17) is 5.26 Å². The van der Waals surface area contributed by atoms with Gasteiger partial charge in [0.15, 0.2) is 0 Å². The lowest BCUT2D eigenvalue weighted by Gasteiger charge is -2.13. The number of nitro benzene ring substituents is 1. The SMILES string of the molecule is N#Cc1ccc(C(=O)NCCN2C(=O)S/C(=C/c3ccc([N+](=O)[O-])cc3)C2=O)cc1. The third-order valence-electron chi connectivity index (χ3n) is 4.17. The molecule has 1 aliphatic rings. The molecule has 0 bridgehead atoms. The molecule has 30 heavy (non-hydrogen) atoms. The van der Waals surface area contributed by atoms with Gasteiger partial charge < -0.3 is 5.32 Å². The molecule has 3 amide bonds. The summed E-state index contributed by atoms with van der Waals surface area (Å²) in [6, 6.07) is 13.6. The van der Waals surface area contributed by atoms with E-state index < -0.39 is 16.1 Å². The molecule has 150 valence electrons. The molecule has 2 aromatic carbocycles. The summed E-state index contributed by atoms with van der Waals surface area (Å²) >= 11 is 0.768. The molecule has 0 spiro atoms. The zero-order chi connectivity index (χ0) is 21.7. The number of imide groups is 1. The highest BCUT2D eigenvalue weighted by Crippen LogP contribution is 2.32. The molecule has 2 aromatic rings. The molecule has 9 nitrogen and oxygen atoms in total. The molecule has 0 radical (unpaired) electrons. The molecule has 1 saturated heterocycles. The highest BCUT2D eigenvalue weighted by molar-refractivity contribution is 8.18. The highest BCUT2D eigenvalue weighted by atomic mass is 32.2. The molecule has 1 fully saturated rings. The van der Waals surface area contributed by atoms with E-state index in [0.717, 1.165) is 16.7 Å². The molecule has 1 aliphatic heterocycles. The van der Waals surface area contributed by atoms with E-state index in [1.807, 2.05) is 6.07 Å². The van der Waals surface area contributed by atoms with Gasteiger partial charge in [-0.1, -0.05) is 0 Å². The maximum absolute atomic E-state index is 12.5. The van der Waals surface area contributed by atoms with E-state index in [9.17, 15) is 24.5 Å². The van der Waals surface area contributed by atoms with Crippen LogP contribution >= 0.6 is 11.8 Å². The normalized spacial score (nSPS) is 14.6. The van der Waals surface area contributed by atoms with Crippen molar-refractivity contribution >= 4 is 40.6 Å². The van der Waals surface area contributed by atoms with Crippen molar-refractivity contribution in [2.45, 2.75) is 0 Å². The van der Waals surface area contributed by atoms with Gasteiger partial charge >= 0.3 is 0 Å². The van der Waals surface area contributed by atoms with Crippen molar-refractivity contribution < 1.29 is 19.3 Å². The van der Waals surface area contributed by atoms with Crippen LogP contribution in [0.5, 0.6) is 0 Å². The predicted molar refractivity (Wildman–Crippen MR) is 109 cm³/mol. The van der Waals surface area contributed by atoms with E-state index in [-0.39, 0.29) is 29.6 Å². The van der Waals surface area contributed by atoms with Crippen LogP contribution in [-0.4, -0.2) is 40.0 Å². The van der Waals surface area contributed by atoms with Gasteiger partial charge in [-0.2, -0.15) is 5.26 Å². The van der Waals surface area contributed by atoms with Crippen LogP contribution in [0.1, 0.15) is 21.5 Å². The Morgan fingerprint density at radius 3 is 2.43 bits per heavy atom. The Morgan fingerprint density at radius 1 is 1.17 bits per heavy atom. The second-order valence-corrected chi connectivity index (χ2v) is 7.12. The first-order valence-corrected chi connectivity index (χ1v) is 9.49. The fourth-order valence-corrected chi connectivity index (χ4v) is 3.48. The van der Waals surface area contributed by atoms with Crippen molar-refractivity contribution in [3.8, 4) is 6.07 Å². The Morgan fingerprint density at radius 2 is 1.83 bits per heavy atom. The molecule has 3 rings (SSSR count). The fraction of sp³-hybridized carbons (Fsp3) is 0.100. The summed E-state index contributed by atoms with van der Waals surface area (Å²) < 4.78 is 0. The lowest BCUT2D eigenvalue weighted by Crippen LogP contribution is -2.37. The van der Waals surface area contributed by atoms with Crippen molar-refractivity contribution in [3.63, 3.8) is 0 Å². The smallest absolute Gasteiger partial charge is 0.293 e. The number of nitro groups is 1. The first-order chi connectivity index (χ1) is 14.4. The number of nitrogens with zero attached hydrogens (tertiary/aromatic N) is 3. The lowest BCUT2D eigenvalue weighted by molar-refractivity contribution is -0.384. The van der Waals surface area contributed by atoms with Crippen LogP contribution in [0.25, 0.3) is 6.08 Å². The average molecular weight is 422 g/mol. The summed E-state index contributed by atoms with van der Waals surface area (Å²) in [5.74, 6) is -0.871. The zero-order valence-electron chi connectivity index (χ0n) is 15.4. The van der Waals surface area contributed by atoms with Gasteiger partial charge in [-0.05, 0) is 59.8 Å². The number of hydrogen-bond donors (Lipinski definition) is 1. The largest absolute Gasteiger partial charge is 0.350 e. The molecule has 0 unspecified atom stereocenters. The number of rotatable bonds is 6. The molecular formula is C20H14N4O5S. The minimum absolute atomic E-state index is 0.00425. The second kappa shape index (κ2) is 9.02. The van der Waals surface area contributed by atoms with Crippen LogP contribution in [0, 0.1) is 21.4 Å². The summed E-state index contributed by atoms with van der Waals surface area (Å²) in [7, 11) is 0. The van der Waals surface area contributed by atoms with Gasteiger partial charge in [-0.25, -0.2) is 0 Å². The minimum Gasteiger partial charge on any atom is -0.350 e. The fourth-order valence-electron chi connectivity index (χ4n) is 2.62. The van der Waals surface area contributed by atoms with Crippen molar-refractivity contribution in [2.24, 2.45) is 0 Å². The number of carbonyl (C=O) groups excluding carboxylic acids is 3. The van der Waals surface area contributed by atoms with Crippen LogP contribution < -0.4 is 5.32 Å². The van der Waals surface area contributed by atoms with E-state index in [0.29, 0.717) is 16.7 Å². The van der Waals surface area contributed by atoms with Gasteiger partial charge in [0.2, 0.25) is 0 Å². The Hall–Kier alpha value is -3.97. The summed E-state index contributed by atoms with van der Waals surface area (Å²) in [4.78, 5) is 48.1. The van der Waals surface area contributed by atoms with Gasteiger partial charge in [0.05, 0.1) is 21.5 Å². The van der Waals surface area contributed by atoms with Gasteiger partial charge in [-0.3, -0.25) is 29.4 Å². The van der Waals surface area contributed by atoms with Crippen LogP contribution in [0.2, 0.25) is 0 Å². The number of thioether (sulfide) groups is 1. The molecule has 1 N–H and O–H groups in total. The van der Waals surface area contributed by atoms with Gasteiger partial charge in [0.1, 0.15) is 0 Å². The molecule has 0 aliphatic carbocycles. The van der Waals surface area contributed by atoms with E-state index in [2.05, 4.69) is 5.32 Å². The highest BCUT2D eigenvalue weighted by Gasteiger charge is 2.34. The average Bonchev–Trinajstić information content (AvgIpc) is 3.01. The monoisotopic (exact) mass is 422 g/mol. The van der Waals surface area contributed by atoms with Crippen LogP contribution in [0.3, 0.4) is 0 Å². The lowest BCUT2D eigenvalue weighted by atomic mass is 10.1.